The molecule has 0 saturated heterocycles. The first kappa shape index (κ1) is 16.2. The fourth-order valence-corrected chi connectivity index (χ4v) is 2.33. The van der Waals surface area contributed by atoms with Crippen LogP contribution >= 0.6 is 11.6 Å². The van der Waals surface area contributed by atoms with E-state index >= 15 is 0 Å². The van der Waals surface area contributed by atoms with E-state index in [9.17, 15) is 18.0 Å². The van der Waals surface area contributed by atoms with Crippen molar-refractivity contribution in [3.8, 4) is 0 Å². The predicted molar refractivity (Wildman–Crippen MR) is 83.8 cm³/mol. The topological polar surface area (TPSA) is 54.3 Å². The Labute approximate surface area is 139 Å². The van der Waals surface area contributed by atoms with Crippen LogP contribution in [0.2, 0.25) is 5.02 Å². The molecule has 0 saturated carbocycles. The number of carbonyl (C=O) groups excluding carboxylic acids is 1. The molecular weight excluding hydrogens is 345 g/mol. The van der Waals surface area contributed by atoms with Crippen molar-refractivity contribution in [2.75, 3.05) is 5.43 Å². The largest absolute Gasteiger partial charge is 0.451 e. The molecule has 1 heterocycles. The SMILES string of the molecule is O=C(NNc1ccccc1C(F)(F)F)c1cc2cc(Cl)ccc2o1. The van der Waals surface area contributed by atoms with Crippen LogP contribution in [0.15, 0.2) is 52.9 Å². The van der Waals surface area contributed by atoms with Crippen LogP contribution in [-0.2, 0) is 6.18 Å². The lowest BCUT2D eigenvalue weighted by Gasteiger charge is -2.14. The second-order valence-electron chi connectivity index (χ2n) is 4.92. The normalized spacial score (nSPS) is 11.5. The van der Waals surface area contributed by atoms with E-state index in [0.29, 0.717) is 16.0 Å². The lowest BCUT2D eigenvalue weighted by atomic mass is 10.2. The second-order valence-corrected chi connectivity index (χ2v) is 5.35. The highest BCUT2D eigenvalue weighted by molar-refractivity contribution is 6.31. The summed E-state index contributed by atoms with van der Waals surface area (Å²) >= 11 is 5.85. The average Bonchev–Trinajstić information content (AvgIpc) is 2.95. The van der Waals surface area contributed by atoms with E-state index in [2.05, 4.69) is 10.9 Å². The Kier molecular flexibility index (Phi) is 4.11. The number of carbonyl (C=O) groups is 1. The van der Waals surface area contributed by atoms with E-state index in [-0.39, 0.29) is 11.4 Å². The number of amides is 1. The molecule has 0 unspecified atom stereocenters. The van der Waals surface area contributed by atoms with Gasteiger partial charge in [0.15, 0.2) is 5.76 Å². The summed E-state index contributed by atoms with van der Waals surface area (Å²) in [5.41, 5.74) is 3.75. The third-order valence-corrected chi connectivity index (χ3v) is 3.48. The zero-order valence-electron chi connectivity index (χ0n) is 11.9. The molecule has 24 heavy (non-hydrogen) atoms. The quantitative estimate of drug-likeness (QED) is 0.660. The number of hydrogen-bond donors (Lipinski definition) is 2. The maximum absolute atomic E-state index is 12.9. The Morgan fingerprint density at radius 2 is 1.83 bits per heavy atom. The highest BCUT2D eigenvalue weighted by atomic mass is 35.5. The summed E-state index contributed by atoms with van der Waals surface area (Å²) in [6.07, 6.45) is -4.54. The standard InChI is InChI=1S/C16H10ClF3N2O2/c17-10-5-6-13-9(7-10)8-14(24-13)15(23)22-21-12-4-2-1-3-11(12)16(18,19)20/h1-8,21H,(H,22,23). The highest BCUT2D eigenvalue weighted by Gasteiger charge is 2.33. The minimum Gasteiger partial charge on any atom is -0.451 e. The molecule has 0 spiro atoms. The van der Waals surface area contributed by atoms with Crippen molar-refractivity contribution in [3.63, 3.8) is 0 Å². The zero-order valence-corrected chi connectivity index (χ0v) is 12.7. The first-order chi connectivity index (χ1) is 11.3. The van der Waals surface area contributed by atoms with E-state index in [4.69, 9.17) is 16.0 Å². The van der Waals surface area contributed by atoms with E-state index in [1.54, 1.807) is 18.2 Å². The van der Waals surface area contributed by atoms with Gasteiger partial charge in [-0.2, -0.15) is 13.2 Å². The molecule has 0 aliphatic rings. The molecule has 124 valence electrons. The average molecular weight is 355 g/mol. The smallest absolute Gasteiger partial charge is 0.418 e. The second kappa shape index (κ2) is 6.09. The van der Waals surface area contributed by atoms with Gasteiger partial charge in [-0.3, -0.25) is 15.6 Å². The van der Waals surface area contributed by atoms with Crippen LogP contribution < -0.4 is 10.9 Å². The van der Waals surface area contributed by atoms with Gasteiger partial charge < -0.3 is 4.42 Å². The van der Waals surface area contributed by atoms with Crippen LogP contribution in [0.25, 0.3) is 11.0 Å². The molecule has 0 bridgehead atoms. The van der Waals surface area contributed by atoms with Gasteiger partial charge in [-0.15, -0.1) is 0 Å². The van der Waals surface area contributed by atoms with Crippen LogP contribution in [0.1, 0.15) is 16.1 Å². The van der Waals surface area contributed by atoms with E-state index in [1.165, 1.54) is 24.3 Å². The van der Waals surface area contributed by atoms with Crippen LogP contribution in [0.3, 0.4) is 0 Å². The molecule has 0 aliphatic heterocycles. The molecule has 0 aliphatic carbocycles. The maximum Gasteiger partial charge on any atom is 0.418 e. The third-order valence-electron chi connectivity index (χ3n) is 3.25. The van der Waals surface area contributed by atoms with Gasteiger partial charge >= 0.3 is 12.1 Å². The van der Waals surface area contributed by atoms with Gasteiger partial charge in [0.1, 0.15) is 5.58 Å². The molecule has 0 fully saturated rings. The highest BCUT2D eigenvalue weighted by Crippen LogP contribution is 2.34. The molecule has 4 nitrogen and oxygen atoms in total. The molecular formula is C16H10ClF3N2O2. The van der Waals surface area contributed by atoms with Crippen molar-refractivity contribution in [1.29, 1.82) is 0 Å². The number of furan rings is 1. The number of nitrogens with one attached hydrogen (secondary N) is 2. The molecule has 3 aromatic rings. The summed E-state index contributed by atoms with van der Waals surface area (Å²) in [6.45, 7) is 0. The number of hydrogen-bond acceptors (Lipinski definition) is 3. The van der Waals surface area contributed by atoms with E-state index < -0.39 is 17.6 Å². The molecule has 0 atom stereocenters. The van der Waals surface area contributed by atoms with Crippen molar-refractivity contribution in [2.24, 2.45) is 0 Å². The lowest BCUT2D eigenvalue weighted by molar-refractivity contribution is -0.137. The summed E-state index contributed by atoms with van der Waals surface area (Å²) in [7, 11) is 0. The number of alkyl halides is 3. The first-order valence-electron chi connectivity index (χ1n) is 6.76. The van der Waals surface area contributed by atoms with Crippen LogP contribution in [0, 0.1) is 0 Å². The van der Waals surface area contributed by atoms with E-state index in [0.717, 1.165) is 6.07 Å². The summed E-state index contributed by atoms with van der Waals surface area (Å²) in [4.78, 5) is 12.1. The molecule has 8 heteroatoms. The first-order valence-corrected chi connectivity index (χ1v) is 7.14. The Balaban J connectivity index is 1.78. The van der Waals surface area contributed by atoms with Crippen molar-refractivity contribution < 1.29 is 22.4 Å². The minimum absolute atomic E-state index is 0.0516. The van der Waals surface area contributed by atoms with Gasteiger partial charge in [0, 0.05) is 10.4 Å². The Bertz CT molecular complexity index is 906. The summed E-state index contributed by atoms with van der Waals surface area (Å²) in [5, 5.41) is 1.09. The monoisotopic (exact) mass is 354 g/mol. The van der Waals surface area contributed by atoms with Crippen LogP contribution in [0.4, 0.5) is 18.9 Å². The molecule has 1 aromatic heterocycles. The molecule has 3 rings (SSSR count). The third kappa shape index (κ3) is 3.30. The van der Waals surface area contributed by atoms with Crippen LogP contribution in [0.5, 0.6) is 0 Å². The van der Waals surface area contributed by atoms with Gasteiger partial charge in [-0.25, -0.2) is 0 Å². The van der Waals surface area contributed by atoms with Crippen molar-refractivity contribution >= 4 is 34.2 Å². The Hall–Kier alpha value is -2.67. The van der Waals surface area contributed by atoms with Crippen molar-refractivity contribution in [3.05, 3.63) is 64.9 Å². The fraction of sp³-hybridized carbons (Fsp3) is 0.0625. The van der Waals surface area contributed by atoms with Crippen LogP contribution in [-0.4, -0.2) is 5.91 Å². The van der Waals surface area contributed by atoms with Gasteiger partial charge in [-0.05, 0) is 36.4 Å². The lowest BCUT2D eigenvalue weighted by Crippen LogP contribution is -2.30. The number of anilines is 1. The predicted octanol–water partition coefficient (Wildman–Crippen LogP) is 4.86. The number of benzene rings is 2. The zero-order chi connectivity index (χ0) is 17.3. The minimum atomic E-state index is -4.54. The molecule has 1 amide bonds. The summed E-state index contributed by atoms with van der Waals surface area (Å²) in [6, 6.07) is 11.1. The maximum atomic E-state index is 12.9. The van der Waals surface area contributed by atoms with Crippen molar-refractivity contribution in [2.45, 2.75) is 6.18 Å². The number of hydrazine groups is 1. The number of para-hydroxylation sites is 1. The summed E-state index contributed by atoms with van der Waals surface area (Å²) < 4.78 is 44.0. The van der Waals surface area contributed by atoms with Gasteiger partial charge in [0.05, 0.1) is 11.3 Å². The molecule has 2 aromatic carbocycles. The number of halogens is 4. The Morgan fingerprint density at radius 3 is 2.58 bits per heavy atom. The molecule has 0 radical (unpaired) electrons. The Morgan fingerprint density at radius 1 is 1.08 bits per heavy atom. The molecule has 2 N–H and O–H groups in total. The van der Waals surface area contributed by atoms with Gasteiger partial charge in [0.25, 0.3) is 0 Å². The van der Waals surface area contributed by atoms with Gasteiger partial charge in [0.2, 0.25) is 0 Å². The number of rotatable bonds is 3. The van der Waals surface area contributed by atoms with E-state index in [1.807, 2.05) is 0 Å². The van der Waals surface area contributed by atoms with Gasteiger partial charge in [-0.1, -0.05) is 23.7 Å². The van der Waals surface area contributed by atoms with Crippen molar-refractivity contribution in [1.82, 2.24) is 5.43 Å². The number of fused-ring (bicyclic) bond motifs is 1. The fourth-order valence-electron chi connectivity index (χ4n) is 2.15. The summed E-state index contributed by atoms with van der Waals surface area (Å²) in [5.74, 6) is -0.761.